The van der Waals surface area contributed by atoms with Crippen molar-refractivity contribution in [2.24, 2.45) is 17.8 Å². The number of morpholine rings is 1. The Morgan fingerprint density at radius 3 is 2.86 bits per heavy atom. The molecule has 2 N–H and O–H groups in total. The molecule has 1 aliphatic heterocycles. The van der Waals surface area contributed by atoms with Gasteiger partial charge in [0, 0.05) is 31.9 Å². The fourth-order valence-electron chi connectivity index (χ4n) is 2.48. The van der Waals surface area contributed by atoms with Crippen molar-refractivity contribution in [1.29, 1.82) is 0 Å². The quantitative estimate of drug-likeness (QED) is 0.684. The first-order valence-electron chi connectivity index (χ1n) is 7.43. The minimum atomic E-state index is 0.581. The molecular weight excluding hydrogens is 278 g/mol. The topological polar surface area (TPSA) is 68.7 Å². The standard InChI is InChI=1S/C16H21N5O/c1-20-12-15(11-19-20)14-4-2-3-13(9-14)10-18-16(17)21-5-7-22-8-6-21/h2-4,9,11-12H,5-8,10H2,1H3,(H2,17,18). The van der Waals surface area contributed by atoms with Crippen LogP contribution in [0.3, 0.4) is 0 Å². The van der Waals surface area contributed by atoms with E-state index in [0.29, 0.717) is 25.7 Å². The Kier molecular flexibility index (Phi) is 4.39. The van der Waals surface area contributed by atoms with Gasteiger partial charge < -0.3 is 15.4 Å². The molecule has 2 heterocycles. The van der Waals surface area contributed by atoms with Crippen molar-refractivity contribution in [1.82, 2.24) is 14.7 Å². The maximum Gasteiger partial charge on any atom is 0.191 e. The van der Waals surface area contributed by atoms with Gasteiger partial charge in [0.25, 0.3) is 0 Å². The summed E-state index contributed by atoms with van der Waals surface area (Å²) in [6.07, 6.45) is 3.87. The molecule has 3 rings (SSSR count). The van der Waals surface area contributed by atoms with Crippen LogP contribution >= 0.6 is 0 Å². The van der Waals surface area contributed by atoms with Gasteiger partial charge in [0.05, 0.1) is 26.0 Å². The largest absolute Gasteiger partial charge is 0.378 e. The van der Waals surface area contributed by atoms with Gasteiger partial charge >= 0.3 is 0 Å². The van der Waals surface area contributed by atoms with Crippen molar-refractivity contribution in [3.63, 3.8) is 0 Å². The fraction of sp³-hybridized carbons (Fsp3) is 0.375. The number of rotatable bonds is 3. The predicted octanol–water partition coefficient (Wildman–Crippen LogP) is 1.23. The van der Waals surface area contributed by atoms with Crippen molar-refractivity contribution >= 4 is 5.96 Å². The molecule has 0 amide bonds. The normalized spacial score (nSPS) is 16.0. The number of aliphatic imine (C=N–C) groups is 1. The Morgan fingerprint density at radius 1 is 1.32 bits per heavy atom. The lowest BCUT2D eigenvalue weighted by Gasteiger charge is -2.27. The highest BCUT2D eigenvalue weighted by atomic mass is 16.5. The van der Waals surface area contributed by atoms with Crippen LogP contribution in [0.4, 0.5) is 0 Å². The van der Waals surface area contributed by atoms with Crippen LogP contribution in [0.25, 0.3) is 11.1 Å². The van der Waals surface area contributed by atoms with Crippen LogP contribution in [0.5, 0.6) is 0 Å². The Bertz CT molecular complexity index is 658. The summed E-state index contributed by atoms with van der Waals surface area (Å²) in [4.78, 5) is 6.57. The molecule has 0 aliphatic carbocycles. The molecule has 22 heavy (non-hydrogen) atoms. The van der Waals surface area contributed by atoms with Gasteiger partial charge in [-0.1, -0.05) is 18.2 Å². The summed E-state index contributed by atoms with van der Waals surface area (Å²) in [5, 5.41) is 4.21. The van der Waals surface area contributed by atoms with Gasteiger partial charge in [0.15, 0.2) is 5.96 Å². The Labute approximate surface area is 130 Å². The first-order valence-corrected chi connectivity index (χ1v) is 7.43. The van der Waals surface area contributed by atoms with E-state index in [9.17, 15) is 0 Å². The van der Waals surface area contributed by atoms with Crippen molar-refractivity contribution in [3.8, 4) is 11.1 Å². The van der Waals surface area contributed by atoms with Gasteiger partial charge in [0.2, 0.25) is 0 Å². The number of hydrogen-bond acceptors (Lipinski definition) is 3. The summed E-state index contributed by atoms with van der Waals surface area (Å²) in [5.74, 6) is 0.593. The third-order valence-corrected chi connectivity index (χ3v) is 3.72. The van der Waals surface area contributed by atoms with Crippen LogP contribution in [0.15, 0.2) is 41.7 Å². The molecule has 116 valence electrons. The Hall–Kier alpha value is -2.34. The molecule has 0 spiro atoms. The number of aryl methyl sites for hydroxylation is 1. The molecule has 1 aromatic carbocycles. The lowest BCUT2D eigenvalue weighted by atomic mass is 10.1. The van der Waals surface area contributed by atoms with Gasteiger partial charge in [-0.2, -0.15) is 5.10 Å². The zero-order valence-electron chi connectivity index (χ0n) is 12.8. The molecule has 6 heteroatoms. The monoisotopic (exact) mass is 299 g/mol. The molecule has 2 aromatic rings. The highest BCUT2D eigenvalue weighted by Gasteiger charge is 2.11. The van der Waals surface area contributed by atoms with Crippen LogP contribution in [0.2, 0.25) is 0 Å². The van der Waals surface area contributed by atoms with E-state index in [4.69, 9.17) is 10.5 Å². The molecule has 1 saturated heterocycles. The van der Waals surface area contributed by atoms with E-state index in [-0.39, 0.29) is 0 Å². The van der Waals surface area contributed by atoms with E-state index >= 15 is 0 Å². The van der Waals surface area contributed by atoms with E-state index in [0.717, 1.165) is 29.8 Å². The summed E-state index contributed by atoms with van der Waals surface area (Å²) in [5.41, 5.74) is 9.44. The summed E-state index contributed by atoms with van der Waals surface area (Å²) >= 11 is 0. The third-order valence-electron chi connectivity index (χ3n) is 3.72. The number of nitrogens with zero attached hydrogens (tertiary/aromatic N) is 4. The number of guanidine groups is 1. The lowest BCUT2D eigenvalue weighted by Crippen LogP contribution is -2.44. The summed E-state index contributed by atoms with van der Waals surface area (Å²) in [7, 11) is 1.92. The van der Waals surface area contributed by atoms with Crippen molar-refractivity contribution in [2.45, 2.75) is 6.54 Å². The smallest absolute Gasteiger partial charge is 0.191 e. The van der Waals surface area contributed by atoms with Crippen molar-refractivity contribution in [2.75, 3.05) is 26.3 Å². The van der Waals surface area contributed by atoms with E-state index in [2.05, 4.69) is 33.2 Å². The Morgan fingerprint density at radius 2 is 2.14 bits per heavy atom. The van der Waals surface area contributed by atoms with E-state index in [1.807, 2.05) is 25.5 Å². The zero-order chi connectivity index (χ0) is 15.4. The summed E-state index contributed by atoms with van der Waals surface area (Å²) < 4.78 is 7.12. The average Bonchev–Trinajstić information content (AvgIpc) is 3.00. The molecule has 0 unspecified atom stereocenters. The van der Waals surface area contributed by atoms with Gasteiger partial charge in [-0.05, 0) is 17.2 Å². The molecule has 6 nitrogen and oxygen atoms in total. The minimum Gasteiger partial charge on any atom is -0.378 e. The zero-order valence-corrected chi connectivity index (χ0v) is 12.8. The first-order chi connectivity index (χ1) is 10.7. The van der Waals surface area contributed by atoms with Gasteiger partial charge in [-0.3, -0.25) is 4.68 Å². The van der Waals surface area contributed by atoms with E-state index < -0.39 is 0 Å². The number of ether oxygens (including phenoxy) is 1. The molecule has 0 saturated carbocycles. The highest BCUT2D eigenvalue weighted by Crippen LogP contribution is 2.19. The average molecular weight is 299 g/mol. The predicted molar refractivity (Wildman–Crippen MR) is 86.4 cm³/mol. The molecule has 1 fully saturated rings. The van der Waals surface area contributed by atoms with E-state index in [1.165, 1.54) is 0 Å². The maximum absolute atomic E-state index is 6.06. The van der Waals surface area contributed by atoms with Crippen LogP contribution in [0.1, 0.15) is 5.56 Å². The van der Waals surface area contributed by atoms with Gasteiger partial charge in [-0.15, -0.1) is 0 Å². The first kappa shape index (κ1) is 14.6. The van der Waals surface area contributed by atoms with E-state index in [1.54, 1.807) is 4.68 Å². The Balaban J connectivity index is 1.70. The van der Waals surface area contributed by atoms with Crippen LogP contribution < -0.4 is 5.73 Å². The number of hydrogen-bond donors (Lipinski definition) is 1. The molecule has 0 bridgehead atoms. The second kappa shape index (κ2) is 6.62. The highest BCUT2D eigenvalue weighted by molar-refractivity contribution is 5.78. The molecule has 0 atom stereocenters. The lowest BCUT2D eigenvalue weighted by molar-refractivity contribution is 0.0674. The number of nitrogens with two attached hydrogens (primary N) is 1. The molecule has 1 aliphatic rings. The SMILES string of the molecule is Cn1cc(-c2cccc(CN=C(N)N3CCOCC3)c2)cn1. The molecule has 0 radical (unpaired) electrons. The maximum atomic E-state index is 6.06. The summed E-state index contributed by atoms with van der Waals surface area (Å²) in [6.45, 7) is 3.63. The molecular formula is C16H21N5O. The minimum absolute atomic E-state index is 0.581. The van der Waals surface area contributed by atoms with Crippen molar-refractivity contribution in [3.05, 3.63) is 42.2 Å². The van der Waals surface area contributed by atoms with Crippen molar-refractivity contribution < 1.29 is 4.74 Å². The molecule has 1 aromatic heterocycles. The number of benzene rings is 1. The van der Waals surface area contributed by atoms with Crippen LogP contribution in [-0.4, -0.2) is 46.9 Å². The fourth-order valence-corrected chi connectivity index (χ4v) is 2.48. The second-order valence-corrected chi connectivity index (χ2v) is 5.38. The van der Waals surface area contributed by atoms with Gasteiger partial charge in [-0.25, -0.2) is 4.99 Å². The van der Waals surface area contributed by atoms with Crippen LogP contribution in [0, 0.1) is 0 Å². The van der Waals surface area contributed by atoms with Gasteiger partial charge in [0.1, 0.15) is 0 Å². The van der Waals surface area contributed by atoms with Crippen LogP contribution in [-0.2, 0) is 18.3 Å². The second-order valence-electron chi connectivity index (χ2n) is 5.38. The summed E-state index contributed by atoms with van der Waals surface area (Å²) in [6, 6.07) is 8.32. The third kappa shape index (κ3) is 3.46. The number of aromatic nitrogens is 2.